The highest BCUT2D eigenvalue weighted by Crippen LogP contribution is 2.65. The van der Waals surface area contributed by atoms with Gasteiger partial charge in [-0.05, 0) is 77.0 Å². The molecule has 13 heteroatoms. The van der Waals surface area contributed by atoms with Gasteiger partial charge in [0.1, 0.15) is 12.1 Å². The number of sulfone groups is 1. The van der Waals surface area contributed by atoms with Crippen LogP contribution in [0.2, 0.25) is 0 Å². The van der Waals surface area contributed by atoms with E-state index in [0.717, 1.165) is 57.8 Å². The first-order valence-electron chi connectivity index (χ1n) is 20.2. The number of amides is 5. The van der Waals surface area contributed by atoms with E-state index in [0.29, 0.717) is 58.0 Å². The molecule has 2 aliphatic heterocycles. The van der Waals surface area contributed by atoms with Crippen LogP contribution in [0.4, 0.5) is 4.79 Å². The molecule has 4 rings (SSSR count). The van der Waals surface area contributed by atoms with E-state index in [-0.39, 0.29) is 23.2 Å². The zero-order valence-electron chi connectivity index (χ0n) is 32.9. The van der Waals surface area contributed by atoms with Crippen molar-refractivity contribution in [2.45, 2.75) is 185 Å². The van der Waals surface area contributed by atoms with Crippen molar-refractivity contribution in [1.29, 1.82) is 0 Å². The largest absolute Gasteiger partial charge is 0.349 e. The maximum Gasteiger partial charge on any atom is 0.315 e. The van der Waals surface area contributed by atoms with Crippen molar-refractivity contribution in [3.63, 3.8) is 0 Å². The summed E-state index contributed by atoms with van der Waals surface area (Å²) in [5, 5.41) is 11.0. The quantitative estimate of drug-likeness (QED) is 0.242. The molecule has 0 aromatic rings. The number of nitrogens with zero attached hydrogens (tertiary/aromatic N) is 1. The molecule has 2 heterocycles. The number of urea groups is 1. The predicted octanol–water partition coefficient (Wildman–Crippen LogP) is 4.94. The Labute approximate surface area is 312 Å². The second-order valence-corrected chi connectivity index (χ2v) is 20.4. The molecule has 52 heavy (non-hydrogen) atoms. The van der Waals surface area contributed by atoms with E-state index in [1.54, 1.807) is 32.6 Å². The highest BCUT2D eigenvalue weighted by molar-refractivity contribution is 7.93. The number of carbonyl (C=O) groups excluding carboxylic acids is 5. The lowest BCUT2D eigenvalue weighted by Gasteiger charge is -2.49. The van der Waals surface area contributed by atoms with Gasteiger partial charge in [0.15, 0.2) is 9.84 Å². The van der Waals surface area contributed by atoms with E-state index >= 15 is 0 Å². The van der Waals surface area contributed by atoms with Gasteiger partial charge >= 0.3 is 6.03 Å². The van der Waals surface area contributed by atoms with Crippen LogP contribution < -0.4 is 21.3 Å². The molecule has 4 aliphatic rings. The standard InChI is InChI=1S/C39H67N5O7S/c1-8-24-40-34(47)32(45)28-20-16-13-11-9-10-12-14-17-21-29(35(48)44-25-27-30(37(27,4)5)31(44)33(46)41-28)42-36(49)43-39(22-18-15-19-23-39)38(6,7)52(50,51)26(2)3/h26-31H,8-25H2,1-7H3,(H,40,47)(H,41,46)(H2,42,43,49)/t27-,28+,29+,30-,31-/m0/s1. The molecule has 0 bridgehead atoms. The second kappa shape index (κ2) is 17.2. The summed E-state index contributed by atoms with van der Waals surface area (Å²) in [6, 6.07) is -3.33. The molecule has 12 nitrogen and oxygen atoms in total. The van der Waals surface area contributed by atoms with Gasteiger partial charge in [-0.25, -0.2) is 13.2 Å². The lowest BCUT2D eigenvalue weighted by molar-refractivity contribution is -0.144. The Kier molecular flexibility index (Phi) is 13.9. The lowest BCUT2D eigenvalue weighted by atomic mass is 9.73. The Morgan fingerprint density at radius 1 is 0.904 bits per heavy atom. The molecule has 5 amide bonds. The molecule has 296 valence electrons. The van der Waals surface area contributed by atoms with Gasteiger partial charge in [-0.2, -0.15) is 0 Å². The van der Waals surface area contributed by atoms with Crippen molar-refractivity contribution < 1.29 is 32.4 Å². The van der Waals surface area contributed by atoms with Crippen LogP contribution in [0.25, 0.3) is 0 Å². The molecule has 0 unspecified atom stereocenters. The molecule has 2 aliphatic carbocycles. The average molecular weight is 750 g/mol. The lowest BCUT2D eigenvalue weighted by Crippen LogP contribution is -2.68. The fourth-order valence-electron chi connectivity index (χ4n) is 9.34. The predicted molar refractivity (Wildman–Crippen MR) is 202 cm³/mol. The van der Waals surface area contributed by atoms with Crippen LogP contribution in [-0.4, -0.2) is 89.6 Å². The van der Waals surface area contributed by atoms with Crippen LogP contribution in [-0.2, 0) is 29.0 Å². The maximum atomic E-state index is 14.6. The molecule has 0 spiro atoms. The van der Waals surface area contributed by atoms with Crippen molar-refractivity contribution in [1.82, 2.24) is 26.2 Å². The van der Waals surface area contributed by atoms with E-state index in [9.17, 15) is 32.4 Å². The molecule has 4 N–H and O–H groups in total. The summed E-state index contributed by atoms with van der Waals surface area (Å²) in [6.45, 7) is 13.5. The van der Waals surface area contributed by atoms with Crippen LogP contribution in [0, 0.1) is 17.3 Å². The Bertz CT molecular complexity index is 1420. The van der Waals surface area contributed by atoms with Crippen molar-refractivity contribution in [2.24, 2.45) is 17.3 Å². The molecular weight excluding hydrogens is 683 g/mol. The van der Waals surface area contributed by atoms with Crippen molar-refractivity contribution in [3.05, 3.63) is 0 Å². The first kappa shape index (κ1) is 42.0. The van der Waals surface area contributed by atoms with Crippen LogP contribution in [0.1, 0.15) is 151 Å². The molecule has 2 saturated carbocycles. The number of carbonyl (C=O) groups is 5. The van der Waals surface area contributed by atoms with Crippen LogP contribution in [0.3, 0.4) is 0 Å². The fraction of sp³-hybridized carbons (Fsp3) is 0.872. The number of hydrogen-bond donors (Lipinski definition) is 4. The van der Waals surface area contributed by atoms with Crippen LogP contribution in [0.5, 0.6) is 0 Å². The third-order valence-electron chi connectivity index (χ3n) is 13.0. The summed E-state index contributed by atoms with van der Waals surface area (Å²) in [5.74, 6) is -2.21. The van der Waals surface area contributed by atoms with E-state index in [4.69, 9.17) is 0 Å². The van der Waals surface area contributed by atoms with Gasteiger partial charge < -0.3 is 26.2 Å². The van der Waals surface area contributed by atoms with Crippen molar-refractivity contribution >= 4 is 39.4 Å². The van der Waals surface area contributed by atoms with Gasteiger partial charge in [-0.3, -0.25) is 19.2 Å². The first-order chi connectivity index (χ1) is 24.4. The van der Waals surface area contributed by atoms with Gasteiger partial charge in [0, 0.05) is 13.1 Å². The zero-order valence-corrected chi connectivity index (χ0v) is 33.7. The minimum Gasteiger partial charge on any atom is -0.349 e. The van der Waals surface area contributed by atoms with Gasteiger partial charge in [0.05, 0.1) is 21.6 Å². The molecule has 0 aromatic heterocycles. The number of nitrogens with one attached hydrogen (secondary N) is 4. The normalized spacial score (nSPS) is 28.8. The topological polar surface area (TPSA) is 171 Å². The third-order valence-corrected chi connectivity index (χ3v) is 16.1. The summed E-state index contributed by atoms with van der Waals surface area (Å²) in [7, 11) is -3.63. The average Bonchev–Trinajstić information content (AvgIpc) is 3.39. The van der Waals surface area contributed by atoms with E-state index in [2.05, 4.69) is 35.1 Å². The summed E-state index contributed by atoms with van der Waals surface area (Å²) in [4.78, 5) is 70.5. The summed E-state index contributed by atoms with van der Waals surface area (Å²) >= 11 is 0. The van der Waals surface area contributed by atoms with Gasteiger partial charge in [-0.15, -0.1) is 0 Å². The monoisotopic (exact) mass is 749 g/mol. The Morgan fingerprint density at radius 2 is 1.46 bits per heavy atom. The maximum absolute atomic E-state index is 14.6. The summed E-state index contributed by atoms with van der Waals surface area (Å²) < 4.78 is 26.1. The van der Waals surface area contributed by atoms with E-state index in [1.165, 1.54) is 0 Å². The second-order valence-electron chi connectivity index (χ2n) is 17.4. The molecule has 2 saturated heterocycles. The number of Topliss-reactive ketones (excluding diaryl/α,β-unsaturated/α-hetero) is 1. The van der Waals surface area contributed by atoms with Crippen LogP contribution in [0.15, 0.2) is 0 Å². The van der Waals surface area contributed by atoms with Crippen LogP contribution >= 0.6 is 0 Å². The summed E-state index contributed by atoms with van der Waals surface area (Å²) in [6.07, 6.45) is 12.2. The smallest absolute Gasteiger partial charge is 0.315 e. The summed E-state index contributed by atoms with van der Waals surface area (Å²) in [5.41, 5.74) is -1.19. The molecule has 0 radical (unpaired) electrons. The highest BCUT2D eigenvalue weighted by atomic mass is 32.2. The first-order valence-corrected chi connectivity index (χ1v) is 21.7. The van der Waals surface area contributed by atoms with Gasteiger partial charge in [0.2, 0.25) is 17.6 Å². The van der Waals surface area contributed by atoms with Crippen molar-refractivity contribution in [2.75, 3.05) is 13.1 Å². The third kappa shape index (κ3) is 8.81. The Morgan fingerprint density at radius 3 is 2.04 bits per heavy atom. The minimum atomic E-state index is -3.63. The molecule has 4 fully saturated rings. The van der Waals surface area contributed by atoms with Crippen molar-refractivity contribution in [3.8, 4) is 0 Å². The number of ketones is 1. The van der Waals surface area contributed by atoms with E-state index < -0.39 is 67.1 Å². The number of hydrogen-bond acceptors (Lipinski definition) is 7. The minimum absolute atomic E-state index is 0.0850. The Hall–Kier alpha value is -2.70. The van der Waals surface area contributed by atoms with Gasteiger partial charge in [-0.1, -0.05) is 91.4 Å². The Balaban J connectivity index is 1.62. The molecule has 5 atom stereocenters. The number of rotatable bonds is 9. The van der Waals surface area contributed by atoms with E-state index in [1.807, 2.05) is 6.92 Å². The number of fused-ring (bicyclic) bond motifs is 3. The number of piperidine rings is 1. The SMILES string of the molecule is CCCNC(=O)C(=O)[C@H]1CCCCCCCCCC[C@@H](NC(=O)NC2(C(C)(C)S(=O)(=O)C(C)C)CCCCC2)C(=O)N2C[C@H]3[C@@H]([C@H]2C(=O)N1)C3(C)C. The zero-order chi connectivity index (χ0) is 38.5. The van der Waals surface area contributed by atoms with Gasteiger partial charge in [0.25, 0.3) is 5.91 Å². The molecule has 0 aromatic carbocycles. The molecular formula is C39H67N5O7S. The highest BCUT2D eigenvalue weighted by Gasteiger charge is 2.69. The fourth-order valence-corrected chi connectivity index (χ4v) is 11.3.